The van der Waals surface area contributed by atoms with Crippen molar-refractivity contribution >= 4 is 15.9 Å². The zero-order valence-electron chi connectivity index (χ0n) is 16.2. The number of sulfonamides is 1. The molecule has 0 saturated heterocycles. The molecule has 0 unspecified atom stereocenters. The predicted octanol–water partition coefficient (Wildman–Crippen LogP) is 2.41. The average Bonchev–Trinajstić information content (AvgIpc) is 3.26. The molecule has 29 heavy (non-hydrogen) atoms. The third kappa shape index (κ3) is 3.17. The van der Waals surface area contributed by atoms with Gasteiger partial charge in [0, 0.05) is 5.56 Å². The second-order valence-electron chi connectivity index (χ2n) is 7.36. The normalized spacial score (nSPS) is 19.2. The number of rotatable bonds is 4. The fourth-order valence-electron chi connectivity index (χ4n) is 4.05. The number of aliphatic hydroxyl groups excluding tert-OH is 1. The number of aliphatic hydroxyl groups is 1. The second-order valence-corrected chi connectivity index (χ2v) is 9.25. The summed E-state index contributed by atoms with van der Waals surface area (Å²) in [5, 5.41) is 9.40. The Labute approximate surface area is 169 Å². The smallest absolute Gasteiger partial charge is 0.244 e. The van der Waals surface area contributed by atoms with Crippen LogP contribution in [0.25, 0.3) is 11.1 Å². The van der Waals surface area contributed by atoms with Crippen LogP contribution < -0.4 is 5.73 Å². The largest absolute Gasteiger partial charge is 0.394 e. The maximum atomic E-state index is 13.6. The minimum Gasteiger partial charge on any atom is -0.394 e. The molecule has 4 rings (SSSR count). The SMILES string of the molecule is Cc1cc(S(=O)(=O)N2CC(F)=C[C@H]2CO)ccc1-c1ccc2c(c1C)C(N)=NC2. The van der Waals surface area contributed by atoms with Gasteiger partial charge < -0.3 is 10.8 Å². The van der Waals surface area contributed by atoms with E-state index >= 15 is 0 Å². The molecule has 6 nitrogen and oxygen atoms in total. The summed E-state index contributed by atoms with van der Waals surface area (Å²) >= 11 is 0. The standard InChI is InChI=1S/C21H22FN3O3S/c1-12-7-17(29(27,28)25-10-15(22)8-16(25)11-26)4-6-18(12)19-5-3-14-9-24-21(23)20(14)13(19)2/h3-8,16,26H,9-11H2,1-2H3,(H2,23,24)/t16-/m0/s1. The van der Waals surface area contributed by atoms with Crippen LogP contribution in [-0.2, 0) is 16.6 Å². The van der Waals surface area contributed by atoms with Crippen LogP contribution in [0.3, 0.4) is 0 Å². The zero-order chi connectivity index (χ0) is 20.9. The van der Waals surface area contributed by atoms with Crippen molar-refractivity contribution in [3.63, 3.8) is 0 Å². The molecular weight excluding hydrogens is 393 g/mol. The summed E-state index contributed by atoms with van der Waals surface area (Å²) < 4.78 is 40.6. The van der Waals surface area contributed by atoms with Gasteiger partial charge in [0.25, 0.3) is 0 Å². The number of aryl methyl sites for hydroxylation is 1. The molecule has 0 fully saturated rings. The molecule has 152 valence electrons. The summed E-state index contributed by atoms with van der Waals surface area (Å²) in [6.45, 7) is 3.56. The minimum atomic E-state index is -3.94. The monoisotopic (exact) mass is 415 g/mol. The van der Waals surface area contributed by atoms with Crippen LogP contribution in [0.15, 0.2) is 52.1 Å². The van der Waals surface area contributed by atoms with Gasteiger partial charge in [-0.2, -0.15) is 4.31 Å². The molecule has 0 radical (unpaired) electrons. The van der Waals surface area contributed by atoms with E-state index in [2.05, 4.69) is 4.99 Å². The van der Waals surface area contributed by atoms with E-state index in [0.29, 0.717) is 12.4 Å². The number of nitrogens with zero attached hydrogens (tertiary/aromatic N) is 2. The molecule has 0 amide bonds. The molecular formula is C21H22FN3O3S. The lowest BCUT2D eigenvalue weighted by molar-refractivity contribution is 0.229. The fraction of sp³-hybridized carbons (Fsp3) is 0.286. The molecule has 2 aliphatic rings. The van der Waals surface area contributed by atoms with Crippen molar-refractivity contribution in [3.05, 3.63) is 64.5 Å². The third-order valence-corrected chi connectivity index (χ3v) is 7.43. The number of nitrogens with two attached hydrogens (primary N) is 1. The highest BCUT2D eigenvalue weighted by atomic mass is 32.2. The Bertz CT molecular complexity index is 1170. The number of benzene rings is 2. The van der Waals surface area contributed by atoms with Gasteiger partial charge in [0.2, 0.25) is 10.0 Å². The van der Waals surface area contributed by atoms with Crippen molar-refractivity contribution in [1.29, 1.82) is 0 Å². The molecule has 0 aliphatic carbocycles. The maximum Gasteiger partial charge on any atom is 0.244 e. The molecule has 2 aromatic rings. The van der Waals surface area contributed by atoms with E-state index in [1.165, 1.54) is 6.07 Å². The minimum absolute atomic E-state index is 0.0696. The van der Waals surface area contributed by atoms with E-state index in [0.717, 1.165) is 43.8 Å². The van der Waals surface area contributed by atoms with Crippen LogP contribution in [0.2, 0.25) is 0 Å². The van der Waals surface area contributed by atoms with Gasteiger partial charge in [-0.1, -0.05) is 18.2 Å². The van der Waals surface area contributed by atoms with Crippen LogP contribution >= 0.6 is 0 Å². The molecule has 3 N–H and O–H groups in total. The summed E-state index contributed by atoms with van der Waals surface area (Å²) in [6, 6.07) is 7.97. The van der Waals surface area contributed by atoms with Gasteiger partial charge in [0.1, 0.15) is 11.7 Å². The average molecular weight is 415 g/mol. The van der Waals surface area contributed by atoms with Gasteiger partial charge in [-0.25, -0.2) is 12.8 Å². The van der Waals surface area contributed by atoms with Crippen LogP contribution in [0.1, 0.15) is 22.3 Å². The molecule has 0 saturated carbocycles. The molecule has 8 heteroatoms. The van der Waals surface area contributed by atoms with Crippen molar-refractivity contribution in [2.24, 2.45) is 10.7 Å². The summed E-state index contributed by atoms with van der Waals surface area (Å²) in [5.74, 6) is -0.0382. The number of hydrogen-bond donors (Lipinski definition) is 2. The van der Waals surface area contributed by atoms with Crippen molar-refractivity contribution in [2.45, 2.75) is 31.3 Å². The summed E-state index contributed by atoms with van der Waals surface area (Å²) in [5.41, 5.74) is 11.7. The molecule has 0 aromatic heterocycles. The number of halogens is 1. The lowest BCUT2D eigenvalue weighted by Gasteiger charge is -2.23. The zero-order valence-corrected chi connectivity index (χ0v) is 17.0. The first kappa shape index (κ1) is 19.8. The van der Waals surface area contributed by atoms with Crippen molar-refractivity contribution in [2.75, 3.05) is 13.2 Å². The van der Waals surface area contributed by atoms with Gasteiger partial charge in [-0.3, -0.25) is 4.99 Å². The first-order valence-electron chi connectivity index (χ1n) is 9.26. The molecule has 0 spiro atoms. The fourth-order valence-corrected chi connectivity index (χ4v) is 5.66. The highest BCUT2D eigenvalue weighted by Gasteiger charge is 2.35. The predicted molar refractivity (Wildman–Crippen MR) is 110 cm³/mol. The molecule has 0 bridgehead atoms. The van der Waals surface area contributed by atoms with Gasteiger partial charge in [0.05, 0.1) is 30.6 Å². The molecule has 2 aliphatic heterocycles. The highest BCUT2D eigenvalue weighted by Crippen LogP contribution is 2.34. The van der Waals surface area contributed by atoms with E-state index in [1.54, 1.807) is 12.1 Å². The van der Waals surface area contributed by atoms with E-state index in [1.807, 2.05) is 26.0 Å². The molecule has 1 atom stereocenters. The third-order valence-electron chi connectivity index (χ3n) is 5.56. The van der Waals surface area contributed by atoms with E-state index in [9.17, 15) is 17.9 Å². The number of aliphatic imine (C=N–C) groups is 1. The number of fused-ring (bicyclic) bond motifs is 1. The van der Waals surface area contributed by atoms with Gasteiger partial charge in [-0.15, -0.1) is 0 Å². The quantitative estimate of drug-likeness (QED) is 0.802. The first-order chi connectivity index (χ1) is 13.7. The Morgan fingerprint density at radius 1 is 1.24 bits per heavy atom. The summed E-state index contributed by atoms with van der Waals surface area (Å²) in [6.07, 6.45) is 1.14. The Balaban J connectivity index is 1.73. The highest BCUT2D eigenvalue weighted by molar-refractivity contribution is 7.89. The Hall–Kier alpha value is -2.55. The Morgan fingerprint density at radius 2 is 1.97 bits per heavy atom. The maximum absolute atomic E-state index is 13.6. The Morgan fingerprint density at radius 3 is 2.66 bits per heavy atom. The number of amidine groups is 1. The van der Waals surface area contributed by atoms with Crippen LogP contribution in [0.5, 0.6) is 0 Å². The summed E-state index contributed by atoms with van der Waals surface area (Å²) in [4.78, 5) is 4.36. The number of hydrogen-bond acceptors (Lipinski definition) is 5. The lowest BCUT2D eigenvalue weighted by Crippen LogP contribution is -2.38. The lowest BCUT2D eigenvalue weighted by atomic mass is 9.91. The molecule has 2 heterocycles. The molecule has 2 aromatic carbocycles. The topological polar surface area (TPSA) is 96.0 Å². The second kappa shape index (κ2) is 7.05. The Kier molecular flexibility index (Phi) is 4.80. The van der Waals surface area contributed by atoms with Crippen molar-refractivity contribution < 1.29 is 17.9 Å². The first-order valence-corrected chi connectivity index (χ1v) is 10.7. The summed E-state index contributed by atoms with van der Waals surface area (Å²) in [7, 11) is -3.94. The van der Waals surface area contributed by atoms with E-state index in [-0.39, 0.29) is 11.4 Å². The van der Waals surface area contributed by atoms with Crippen LogP contribution in [0.4, 0.5) is 4.39 Å². The van der Waals surface area contributed by atoms with E-state index in [4.69, 9.17) is 5.73 Å². The van der Waals surface area contributed by atoms with Crippen molar-refractivity contribution in [3.8, 4) is 11.1 Å². The van der Waals surface area contributed by atoms with Gasteiger partial charge in [0.15, 0.2) is 0 Å². The van der Waals surface area contributed by atoms with E-state index < -0.39 is 28.5 Å². The van der Waals surface area contributed by atoms with Crippen LogP contribution in [-0.4, -0.2) is 42.9 Å². The van der Waals surface area contributed by atoms with Gasteiger partial charge >= 0.3 is 0 Å². The van der Waals surface area contributed by atoms with Gasteiger partial charge in [-0.05, 0) is 59.9 Å². The van der Waals surface area contributed by atoms with Crippen LogP contribution in [0, 0.1) is 13.8 Å². The van der Waals surface area contributed by atoms with Crippen molar-refractivity contribution in [1.82, 2.24) is 4.31 Å².